The number of amides is 1. The Hall–Kier alpha value is -2.02. The fourth-order valence-corrected chi connectivity index (χ4v) is 1.94. The van der Waals surface area contributed by atoms with Gasteiger partial charge < -0.3 is 9.88 Å². The number of carbonyl (C=O) groups excluding carboxylic acids is 1. The Morgan fingerprint density at radius 2 is 2.24 bits per heavy atom. The van der Waals surface area contributed by atoms with Gasteiger partial charge in [-0.15, -0.1) is 10.2 Å². The monoisotopic (exact) mass is 314 g/mol. The van der Waals surface area contributed by atoms with E-state index in [-0.39, 0.29) is 11.6 Å². The van der Waals surface area contributed by atoms with Gasteiger partial charge in [-0.1, -0.05) is 23.7 Å². The molecule has 0 saturated carbocycles. The molecule has 1 amide bonds. The van der Waals surface area contributed by atoms with Crippen LogP contribution in [0.2, 0.25) is 5.02 Å². The van der Waals surface area contributed by atoms with Crippen LogP contribution in [0.25, 0.3) is 0 Å². The van der Waals surface area contributed by atoms with E-state index in [0.717, 1.165) is 12.1 Å². The van der Waals surface area contributed by atoms with Gasteiger partial charge in [0.2, 0.25) is 0 Å². The molecule has 2 aromatic rings. The maximum atomic E-state index is 14.0. The van der Waals surface area contributed by atoms with Crippen LogP contribution < -0.4 is 5.32 Å². The lowest BCUT2D eigenvalue weighted by atomic mass is 10.1. The second-order valence-corrected chi connectivity index (χ2v) is 4.85. The van der Waals surface area contributed by atoms with Gasteiger partial charge >= 0.3 is 5.92 Å². The minimum Gasteiger partial charge on any atom is -0.349 e. The van der Waals surface area contributed by atoms with Gasteiger partial charge in [0.1, 0.15) is 12.2 Å². The summed E-state index contributed by atoms with van der Waals surface area (Å²) in [6.07, 6.45) is 1.47. The second kappa shape index (κ2) is 6.17. The van der Waals surface area contributed by atoms with E-state index >= 15 is 0 Å². The zero-order valence-electron chi connectivity index (χ0n) is 11.2. The predicted molar refractivity (Wildman–Crippen MR) is 73.1 cm³/mol. The molecule has 0 aliphatic heterocycles. The van der Waals surface area contributed by atoms with Crippen LogP contribution in [0.15, 0.2) is 30.6 Å². The first kappa shape index (κ1) is 15.4. The van der Waals surface area contributed by atoms with Gasteiger partial charge in [-0.3, -0.25) is 4.79 Å². The van der Waals surface area contributed by atoms with Gasteiger partial charge in [-0.25, -0.2) is 0 Å². The second-order valence-electron chi connectivity index (χ2n) is 4.41. The number of alkyl halides is 2. The zero-order valence-corrected chi connectivity index (χ0v) is 11.9. The number of aromatic nitrogens is 3. The van der Waals surface area contributed by atoms with E-state index in [4.69, 9.17) is 11.6 Å². The van der Waals surface area contributed by atoms with Crippen LogP contribution in [-0.2, 0) is 17.3 Å². The molecule has 1 aromatic heterocycles. The fraction of sp³-hybridized carbons (Fsp3) is 0.308. The molecule has 0 bridgehead atoms. The van der Waals surface area contributed by atoms with E-state index in [2.05, 4.69) is 15.5 Å². The highest BCUT2D eigenvalue weighted by Crippen LogP contribution is 2.29. The van der Waals surface area contributed by atoms with E-state index in [1.807, 2.05) is 0 Å². The van der Waals surface area contributed by atoms with Crippen molar-refractivity contribution in [2.75, 3.05) is 6.54 Å². The molecule has 0 aliphatic carbocycles. The molecule has 112 valence electrons. The van der Waals surface area contributed by atoms with Crippen molar-refractivity contribution >= 4 is 17.5 Å². The van der Waals surface area contributed by atoms with Crippen molar-refractivity contribution in [1.29, 1.82) is 0 Å². The third kappa shape index (κ3) is 3.55. The molecule has 0 spiro atoms. The van der Waals surface area contributed by atoms with E-state index in [0.29, 0.717) is 12.4 Å². The van der Waals surface area contributed by atoms with Crippen molar-refractivity contribution in [2.45, 2.75) is 19.4 Å². The molecule has 1 aromatic carbocycles. The lowest BCUT2D eigenvalue weighted by Gasteiger charge is -2.16. The topological polar surface area (TPSA) is 59.8 Å². The van der Waals surface area contributed by atoms with Crippen molar-refractivity contribution < 1.29 is 13.6 Å². The summed E-state index contributed by atoms with van der Waals surface area (Å²) in [5, 5.41) is 9.77. The summed E-state index contributed by atoms with van der Waals surface area (Å²) in [5.74, 6) is -4.35. The summed E-state index contributed by atoms with van der Waals surface area (Å²) in [5.41, 5.74) is -0.437. The number of benzene rings is 1. The average Bonchev–Trinajstić information content (AvgIpc) is 2.84. The molecule has 21 heavy (non-hydrogen) atoms. The molecular formula is C13H13ClF2N4O. The Balaban J connectivity index is 1.97. The molecule has 8 heteroatoms. The van der Waals surface area contributed by atoms with Gasteiger partial charge in [-0.05, 0) is 19.1 Å². The maximum Gasteiger partial charge on any atom is 0.349 e. The highest BCUT2D eigenvalue weighted by Gasteiger charge is 2.40. The molecule has 0 saturated heterocycles. The molecule has 0 fully saturated rings. The van der Waals surface area contributed by atoms with Crippen LogP contribution in [-0.4, -0.2) is 27.2 Å². The lowest BCUT2D eigenvalue weighted by molar-refractivity contribution is -0.147. The Morgan fingerprint density at radius 1 is 1.48 bits per heavy atom. The Labute approximate surface area is 124 Å². The molecule has 5 nitrogen and oxygen atoms in total. The summed E-state index contributed by atoms with van der Waals surface area (Å²) in [6, 6.07) is 5.08. The minimum absolute atomic E-state index is 0.0495. The molecule has 1 N–H and O–H groups in total. The number of halogens is 3. The zero-order chi connectivity index (χ0) is 15.5. The summed E-state index contributed by atoms with van der Waals surface area (Å²) in [6.45, 7) is 2.10. The van der Waals surface area contributed by atoms with Crippen LogP contribution in [0, 0.1) is 6.92 Å². The number of aryl methyl sites for hydroxylation is 1. The first-order chi connectivity index (χ1) is 9.91. The van der Waals surface area contributed by atoms with Crippen molar-refractivity contribution in [1.82, 2.24) is 20.1 Å². The van der Waals surface area contributed by atoms with E-state index < -0.39 is 17.4 Å². The van der Waals surface area contributed by atoms with Crippen molar-refractivity contribution in [3.63, 3.8) is 0 Å². The number of carbonyl (C=O) groups is 1. The van der Waals surface area contributed by atoms with Crippen LogP contribution in [0.3, 0.4) is 0 Å². The van der Waals surface area contributed by atoms with E-state index in [1.54, 1.807) is 11.5 Å². The van der Waals surface area contributed by atoms with Crippen molar-refractivity contribution in [3.05, 3.63) is 47.0 Å². The van der Waals surface area contributed by atoms with Gasteiger partial charge in [0, 0.05) is 23.7 Å². The number of nitrogens with zero attached hydrogens (tertiary/aromatic N) is 3. The molecule has 0 aliphatic rings. The summed E-state index contributed by atoms with van der Waals surface area (Å²) < 4.78 is 29.6. The Morgan fingerprint density at radius 3 is 2.86 bits per heavy atom. The van der Waals surface area contributed by atoms with Crippen molar-refractivity contribution in [3.8, 4) is 0 Å². The molecule has 0 unspecified atom stereocenters. The van der Waals surface area contributed by atoms with Crippen LogP contribution in [0.5, 0.6) is 0 Å². The largest absolute Gasteiger partial charge is 0.349 e. The van der Waals surface area contributed by atoms with Gasteiger partial charge in [0.25, 0.3) is 5.91 Å². The average molecular weight is 315 g/mol. The van der Waals surface area contributed by atoms with E-state index in [1.165, 1.54) is 18.5 Å². The highest BCUT2D eigenvalue weighted by molar-refractivity contribution is 6.30. The maximum absolute atomic E-state index is 14.0. The predicted octanol–water partition coefficient (Wildman–Crippen LogP) is 2.15. The van der Waals surface area contributed by atoms with Gasteiger partial charge in [-0.2, -0.15) is 8.78 Å². The number of nitrogens with one attached hydrogen (secondary N) is 1. The number of rotatable bonds is 5. The van der Waals surface area contributed by atoms with E-state index in [9.17, 15) is 13.6 Å². The first-order valence-electron chi connectivity index (χ1n) is 6.18. The number of hydrogen-bond acceptors (Lipinski definition) is 3. The normalized spacial score (nSPS) is 11.4. The molecular weight excluding hydrogens is 302 g/mol. The van der Waals surface area contributed by atoms with Crippen LogP contribution in [0.1, 0.15) is 11.4 Å². The van der Waals surface area contributed by atoms with Crippen LogP contribution >= 0.6 is 11.6 Å². The number of hydrogen-bond donors (Lipinski definition) is 1. The summed E-state index contributed by atoms with van der Waals surface area (Å²) >= 11 is 5.66. The van der Waals surface area contributed by atoms with Crippen molar-refractivity contribution in [2.24, 2.45) is 0 Å². The van der Waals surface area contributed by atoms with Gasteiger partial charge in [0.05, 0.1) is 0 Å². The quantitative estimate of drug-likeness (QED) is 0.920. The minimum atomic E-state index is -3.63. The van der Waals surface area contributed by atoms with Gasteiger partial charge in [0.15, 0.2) is 0 Å². The molecule has 2 rings (SSSR count). The molecule has 0 radical (unpaired) electrons. The third-order valence-corrected chi connectivity index (χ3v) is 3.15. The third-order valence-electron chi connectivity index (χ3n) is 2.92. The standard InChI is InChI=1S/C13H13ClF2N4O/c1-9-19-18-8-20(9)6-5-17-12(21)13(15,16)10-3-2-4-11(14)7-10/h2-4,7-8H,5-6H2,1H3,(H,17,21). The summed E-state index contributed by atoms with van der Waals surface area (Å²) in [7, 11) is 0. The summed E-state index contributed by atoms with van der Waals surface area (Å²) in [4.78, 5) is 11.6. The fourth-order valence-electron chi connectivity index (χ4n) is 1.75. The van der Waals surface area contributed by atoms with Crippen LogP contribution in [0.4, 0.5) is 8.78 Å². The SMILES string of the molecule is Cc1nncn1CCNC(=O)C(F)(F)c1cccc(Cl)c1. The molecule has 1 heterocycles. The lowest BCUT2D eigenvalue weighted by Crippen LogP contribution is -2.39. The highest BCUT2D eigenvalue weighted by atomic mass is 35.5. The Bertz CT molecular complexity index is 645. The molecule has 0 atom stereocenters. The Kier molecular flexibility index (Phi) is 4.52. The smallest absolute Gasteiger partial charge is 0.349 e. The first-order valence-corrected chi connectivity index (χ1v) is 6.55.